The molecular formula is C15H18O3. The van der Waals surface area contributed by atoms with E-state index in [1.165, 1.54) is 0 Å². The molecule has 4 atom stereocenters. The van der Waals surface area contributed by atoms with Crippen LogP contribution < -0.4 is 0 Å². The summed E-state index contributed by atoms with van der Waals surface area (Å²) in [6.07, 6.45) is 3.04. The summed E-state index contributed by atoms with van der Waals surface area (Å²) in [5.41, 5.74) is 1.37. The van der Waals surface area contributed by atoms with Gasteiger partial charge in [0.15, 0.2) is 5.78 Å². The van der Waals surface area contributed by atoms with Crippen molar-refractivity contribution in [1.29, 1.82) is 0 Å². The van der Waals surface area contributed by atoms with E-state index in [1.807, 2.05) is 0 Å². The fourth-order valence-corrected chi connectivity index (χ4v) is 3.88. The van der Waals surface area contributed by atoms with Crippen molar-refractivity contribution in [2.75, 3.05) is 0 Å². The summed E-state index contributed by atoms with van der Waals surface area (Å²) in [6.45, 7) is 10.0. The Morgan fingerprint density at radius 3 is 2.72 bits per heavy atom. The lowest BCUT2D eigenvalue weighted by Crippen LogP contribution is -2.45. The van der Waals surface area contributed by atoms with Gasteiger partial charge in [0, 0.05) is 17.9 Å². The summed E-state index contributed by atoms with van der Waals surface area (Å²) in [7, 11) is 0. The van der Waals surface area contributed by atoms with E-state index < -0.39 is 0 Å². The molecule has 0 aromatic heterocycles. The number of hydrogen-bond donors (Lipinski definition) is 0. The number of rotatable bonds is 0. The van der Waals surface area contributed by atoms with Crippen molar-refractivity contribution in [1.82, 2.24) is 0 Å². The third kappa shape index (κ3) is 1.43. The van der Waals surface area contributed by atoms with Crippen LogP contribution in [0.4, 0.5) is 0 Å². The largest absolute Gasteiger partial charge is 0.458 e. The molecular weight excluding hydrogens is 228 g/mol. The second-order valence-electron chi connectivity index (χ2n) is 6.17. The van der Waals surface area contributed by atoms with E-state index in [0.717, 1.165) is 24.8 Å². The average molecular weight is 246 g/mol. The third-order valence-electron chi connectivity index (χ3n) is 5.12. The number of carbonyl (C=O) groups excluding carboxylic acids is 2. The van der Waals surface area contributed by atoms with E-state index in [1.54, 1.807) is 0 Å². The van der Waals surface area contributed by atoms with Crippen LogP contribution in [0, 0.1) is 17.3 Å². The highest BCUT2D eigenvalue weighted by Gasteiger charge is 2.53. The van der Waals surface area contributed by atoms with Crippen molar-refractivity contribution in [3.05, 3.63) is 24.3 Å². The Morgan fingerprint density at radius 1 is 1.28 bits per heavy atom. The molecule has 0 aromatic carbocycles. The zero-order valence-corrected chi connectivity index (χ0v) is 10.7. The summed E-state index contributed by atoms with van der Waals surface area (Å²) < 4.78 is 5.40. The maximum absolute atomic E-state index is 11.8. The number of ketones is 1. The molecule has 0 amide bonds. The summed E-state index contributed by atoms with van der Waals surface area (Å²) in [4.78, 5) is 23.4. The topological polar surface area (TPSA) is 43.4 Å². The molecule has 0 unspecified atom stereocenters. The Kier molecular flexibility index (Phi) is 2.31. The van der Waals surface area contributed by atoms with E-state index in [-0.39, 0.29) is 35.1 Å². The summed E-state index contributed by atoms with van der Waals surface area (Å²) in [5, 5.41) is 0. The van der Waals surface area contributed by atoms with Gasteiger partial charge in [0.1, 0.15) is 6.10 Å². The van der Waals surface area contributed by atoms with Crippen LogP contribution >= 0.6 is 0 Å². The molecule has 3 fully saturated rings. The molecule has 0 N–H and O–H groups in total. The van der Waals surface area contributed by atoms with Crippen LogP contribution in [-0.4, -0.2) is 17.9 Å². The molecule has 96 valence electrons. The molecule has 1 heterocycles. The van der Waals surface area contributed by atoms with E-state index in [9.17, 15) is 9.59 Å². The summed E-state index contributed by atoms with van der Waals surface area (Å²) >= 11 is 0. The second-order valence-corrected chi connectivity index (χ2v) is 6.17. The van der Waals surface area contributed by atoms with E-state index in [4.69, 9.17) is 4.74 Å². The number of Topliss-reactive ketones (excluding diaryl/α,β-unsaturated/α-hetero) is 1. The maximum Gasteiger partial charge on any atom is 0.334 e. The Bertz CT molecular complexity index is 476. The van der Waals surface area contributed by atoms with Gasteiger partial charge in [-0.25, -0.2) is 4.79 Å². The number of carbonyl (C=O) groups is 2. The molecule has 0 bridgehead atoms. The second kappa shape index (κ2) is 3.56. The molecule has 0 aromatic rings. The smallest absolute Gasteiger partial charge is 0.334 e. The van der Waals surface area contributed by atoms with Crippen molar-refractivity contribution in [2.45, 2.75) is 38.7 Å². The highest BCUT2D eigenvalue weighted by molar-refractivity contribution is 5.96. The number of hydrogen-bond acceptors (Lipinski definition) is 3. The minimum absolute atomic E-state index is 0.0350. The van der Waals surface area contributed by atoms with Crippen molar-refractivity contribution >= 4 is 11.8 Å². The number of allylic oxidation sites excluding steroid dienone is 1. The van der Waals surface area contributed by atoms with Gasteiger partial charge in [-0.1, -0.05) is 20.1 Å². The van der Waals surface area contributed by atoms with Gasteiger partial charge in [-0.2, -0.15) is 0 Å². The maximum atomic E-state index is 11.8. The van der Waals surface area contributed by atoms with Crippen LogP contribution in [0.25, 0.3) is 0 Å². The van der Waals surface area contributed by atoms with Crippen LogP contribution in [-0.2, 0) is 14.3 Å². The molecule has 0 radical (unpaired) electrons. The zero-order valence-electron chi connectivity index (χ0n) is 10.7. The zero-order chi connectivity index (χ0) is 13.1. The fourth-order valence-electron chi connectivity index (χ4n) is 3.88. The van der Waals surface area contributed by atoms with Gasteiger partial charge in [-0.3, -0.25) is 4.79 Å². The fraction of sp³-hybridized carbons (Fsp3) is 0.600. The normalized spacial score (nSPS) is 43.5. The van der Waals surface area contributed by atoms with Crippen LogP contribution in [0.1, 0.15) is 32.6 Å². The van der Waals surface area contributed by atoms with Gasteiger partial charge >= 0.3 is 5.97 Å². The molecule has 2 aliphatic carbocycles. The standard InChI is InChI=1S/C15H18O3/c1-8-10-6-11-9(2)12(16)4-5-15(11,3)7-13(10)18-14(8)17/h10-11,13H,1-2,4-7H2,3H3/t10-,11-,13-,15-/m1/s1. The van der Waals surface area contributed by atoms with Crippen LogP contribution in [0.2, 0.25) is 0 Å². The van der Waals surface area contributed by atoms with E-state index in [2.05, 4.69) is 20.1 Å². The predicted octanol–water partition coefficient (Wildman–Crippen LogP) is 2.42. The van der Waals surface area contributed by atoms with Crippen LogP contribution in [0.5, 0.6) is 0 Å². The van der Waals surface area contributed by atoms with Crippen molar-refractivity contribution in [3.8, 4) is 0 Å². The SMILES string of the molecule is C=C1C(=O)O[C@@H]2C[C@@]3(C)CCC(=O)C(=C)[C@H]3C[C@H]12. The predicted molar refractivity (Wildman–Crippen MR) is 66.7 cm³/mol. The Labute approximate surface area is 107 Å². The first kappa shape index (κ1) is 11.7. The Morgan fingerprint density at radius 2 is 2.00 bits per heavy atom. The van der Waals surface area contributed by atoms with Crippen LogP contribution in [0.3, 0.4) is 0 Å². The first-order chi connectivity index (χ1) is 8.42. The molecule has 3 rings (SSSR count). The van der Waals surface area contributed by atoms with E-state index in [0.29, 0.717) is 12.0 Å². The molecule has 3 heteroatoms. The molecule has 3 aliphatic rings. The lowest BCUT2D eigenvalue weighted by atomic mass is 9.55. The van der Waals surface area contributed by atoms with Gasteiger partial charge in [0.05, 0.1) is 0 Å². The van der Waals surface area contributed by atoms with Crippen molar-refractivity contribution in [3.63, 3.8) is 0 Å². The molecule has 2 saturated carbocycles. The first-order valence-corrected chi connectivity index (χ1v) is 6.54. The molecule has 3 nitrogen and oxygen atoms in total. The molecule has 0 spiro atoms. The summed E-state index contributed by atoms with van der Waals surface area (Å²) in [5.74, 6) is 0.195. The number of ether oxygens (including phenoxy) is 1. The highest BCUT2D eigenvalue weighted by atomic mass is 16.6. The van der Waals surface area contributed by atoms with Gasteiger partial charge in [0.2, 0.25) is 0 Å². The minimum Gasteiger partial charge on any atom is -0.458 e. The number of fused-ring (bicyclic) bond motifs is 2. The molecule has 1 saturated heterocycles. The molecule has 18 heavy (non-hydrogen) atoms. The molecule has 1 aliphatic heterocycles. The van der Waals surface area contributed by atoms with Crippen molar-refractivity contribution < 1.29 is 14.3 Å². The quantitative estimate of drug-likeness (QED) is 0.487. The Hall–Kier alpha value is -1.38. The van der Waals surface area contributed by atoms with Crippen LogP contribution in [0.15, 0.2) is 24.3 Å². The highest BCUT2D eigenvalue weighted by Crippen LogP contribution is 2.55. The number of esters is 1. The first-order valence-electron chi connectivity index (χ1n) is 6.54. The van der Waals surface area contributed by atoms with Crippen molar-refractivity contribution in [2.24, 2.45) is 17.3 Å². The third-order valence-corrected chi connectivity index (χ3v) is 5.12. The monoisotopic (exact) mass is 246 g/mol. The van der Waals surface area contributed by atoms with Gasteiger partial charge in [-0.15, -0.1) is 0 Å². The van der Waals surface area contributed by atoms with Gasteiger partial charge in [0.25, 0.3) is 0 Å². The van der Waals surface area contributed by atoms with Gasteiger partial charge < -0.3 is 4.74 Å². The van der Waals surface area contributed by atoms with Gasteiger partial charge in [-0.05, 0) is 36.2 Å². The average Bonchev–Trinajstić information content (AvgIpc) is 2.58. The lowest BCUT2D eigenvalue weighted by molar-refractivity contribution is -0.143. The minimum atomic E-state index is -0.260. The lowest BCUT2D eigenvalue weighted by Gasteiger charge is -2.48. The summed E-state index contributed by atoms with van der Waals surface area (Å²) in [6, 6.07) is 0. The van der Waals surface area contributed by atoms with E-state index >= 15 is 0 Å². The Balaban J connectivity index is 1.93.